The Morgan fingerprint density at radius 3 is 1.78 bits per heavy atom. The molecule has 0 radical (unpaired) electrons. The van der Waals surface area contributed by atoms with E-state index in [0.29, 0.717) is 10.0 Å². The number of hydrogen-bond donors (Lipinski definition) is 1. The molecule has 0 atom stereocenters. The SMILES string of the molecule is O=C([O-])c1c(Cl)ccc(Cl)c1[O-].Oc1cc(Cl)ccc1Cl.[K+].[K+]. The van der Waals surface area contributed by atoms with Crippen molar-refractivity contribution in [1.82, 2.24) is 0 Å². The van der Waals surface area contributed by atoms with Gasteiger partial charge in [-0.05, 0) is 24.3 Å². The number of aromatic carboxylic acids is 1. The first-order chi connectivity index (χ1) is 9.73. The van der Waals surface area contributed by atoms with E-state index in [2.05, 4.69) is 0 Å². The van der Waals surface area contributed by atoms with Gasteiger partial charge in [0, 0.05) is 26.7 Å². The molecule has 2 rings (SSSR count). The van der Waals surface area contributed by atoms with Crippen molar-refractivity contribution in [2.75, 3.05) is 0 Å². The number of rotatable bonds is 1. The largest absolute Gasteiger partial charge is 1.00 e. The summed E-state index contributed by atoms with van der Waals surface area (Å²) in [6, 6.07) is 7.02. The molecular weight excluding hydrogens is 440 g/mol. The molecule has 4 nitrogen and oxygen atoms in total. The average Bonchev–Trinajstić information content (AvgIpc) is 2.39. The Labute approximate surface area is 237 Å². The van der Waals surface area contributed by atoms with Crippen LogP contribution in [0.1, 0.15) is 10.4 Å². The number of carboxylic acids is 1. The van der Waals surface area contributed by atoms with Crippen molar-refractivity contribution in [3.63, 3.8) is 0 Å². The van der Waals surface area contributed by atoms with Crippen molar-refractivity contribution in [1.29, 1.82) is 0 Å². The van der Waals surface area contributed by atoms with Crippen LogP contribution in [0, 0.1) is 0 Å². The van der Waals surface area contributed by atoms with Crippen molar-refractivity contribution in [2.24, 2.45) is 0 Å². The van der Waals surface area contributed by atoms with Crippen LogP contribution in [-0.2, 0) is 0 Å². The minimum atomic E-state index is -1.62. The monoisotopic (exact) mass is 444 g/mol. The Bertz CT molecular complexity index is 683. The first-order valence-corrected chi connectivity index (χ1v) is 6.75. The summed E-state index contributed by atoms with van der Waals surface area (Å²) in [4.78, 5) is 10.3. The van der Waals surface area contributed by atoms with Crippen LogP contribution in [0.5, 0.6) is 11.5 Å². The van der Waals surface area contributed by atoms with E-state index in [4.69, 9.17) is 51.5 Å². The van der Waals surface area contributed by atoms with Gasteiger partial charge in [0.05, 0.1) is 11.0 Å². The first-order valence-electron chi connectivity index (χ1n) is 5.24. The third-order valence-corrected chi connectivity index (χ3v) is 3.34. The van der Waals surface area contributed by atoms with E-state index < -0.39 is 17.3 Å². The fourth-order valence-corrected chi connectivity index (χ4v) is 1.88. The van der Waals surface area contributed by atoms with Gasteiger partial charge in [0.1, 0.15) is 5.75 Å². The van der Waals surface area contributed by atoms with Crippen LogP contribution in [0.25, 0.3) is 0 Å². The van der Waals surface area contributed by atoms with Gasteiger partial charge in [-0.2, -0.15) is 0 Å². The molecule has 0 saturated carbocycles. The molecule has 112 valence electrons. The number of hydrogen-bond acceptors (Lipinski definition) is 4. The van der Waals surface area contributed by atoms with Crippen LogP contribution in [0.15, 0.2) is 30.3 Å². The number of halogens is 4. The second-order valence-corrected chi connectivity index (χ2v) is 5.27. The molecule has 0 saturated heterocycles. The maximum Gasteiger partial charge on any atom is 1.00 e. The molecule has 0 bridgehead atoms. The summed E-state index contributed by atoms with van der Waals surface area (Å²) in [5.74, 6) is -2.42. The standard InChI is InChI=1S/C7H4Cl2O3.C6H4Cl2O.2K/c8-3-1-2-4(9)6(10)5(3)7(11)12;7-4-1-2-5(8)6(9)3-4;;/h1-2,10H,(H,11,12);1-3,9H;;/q;;2*+1/p-2. The van der Waals surface area contributed by atoms with Crippen molar-refractivity contribution in [3.05, 3.63) is 56.0 Å². The third kappa shape index (κ3) is 8.92. The molecule has 0 amide bonds. The predicted octanol–water partition coefficient (Wildman–Crippen LogP) is -2.86. The predicted molar refractivity (Wildman–Crippen MR) is 78.4 cm³/mol. The fourth-order valence-electron chi connectivity index (χ4n) is 1.21. The summed E-state index contributed by atoms with van der Waals surface area (Å²) in [6.45, 7) is 0. The van der Waals surface area contributed by atoms with Crippen molar-refractivity contribution >= 4 is 52.4 Å². The number of carbonyl (C=O) groups excluding carboxylic acids is 1. The van der Waals surface area contributed by atoms with Gasteiger partial charge in [-0.25, -0.2) is 0 Å². The van der Waals surface area contributed by atoms with Gasteiger partial charge in [-0.15, -0.1) is 0 Å². The summed E-state index contributed by atoms with van der Waals surface area (Å²) >= 11 is 21.8. The Morgan fingerprint density at radius 2 is 1.39 bits per heavy atom. The molecule has 1 N–H and O–H groups in total. The maximum absolute atomic E-state index is 11.0. The summed E-state index contributed by atoms with van der Waals surface area (Å²) in [5, 5.41) is 30.7. The van der Waals surface area contributed by atoms with Crippen LogP contribution in [0.3, 0.4) is 0 Å². The number of carbonyl (C=O) groups is 1. The van der Waals surface area contributed by atoms with Gasteiger partial charge in [-0.3, -0.25) is 0 Å². The number of aromatic hydroxyl groups is 1. The summed E-state index contributed by atoms with van der Waals surface area (Å²) in [7, 11) is 0. The summed E-state index contributed by atoms with van der Waals surface area (Å²) in [6.07, 6.45) is 0. The van der Waals surface area contributed by atoms with Crippen LogP contribution < -0.4 is 113 Å². The van der Waals surface area contributed by atoms with Gasteiger partial charge in [0.25, 0.3) is 0 Å². The molecule has 0 unspecified atom stereocenters. The summed E-state index contributed by atoms with van der Waals surface area (Å²) < 4.78 is 0. The van der Waals surface area contributed by atoms with Gasteiger partial charge in [0.15, 0.2) is 0 Å². The zero-order chi connectivity index (χ0) is 16.2. The smallest absolute Gasteiger partial charge is 0.871 e. The zero-order valence-electron chi connectivity index (χ0n) is 12.1. The van der Waals surface area contributed by atoms with Crippen LogP contribution in [0.2, 0.25) is 20.1 Å². The van der Waals surface area contributed by atoms with Crippen LogP contribution >= 0.6 is 46.4 Å². The molecule has 23 heavy (non-hydrogen) atoms. The normalized spacial score (nSPS) is 8.87. The van der Waals surface area contributed by atoms with Gasteiger partial charge < -0.3 is 20.1 Å². The van der Waals surface area contributed by atoms with Crippen LogP contribution in [-0.4, -0.2) is 11.1 Å². The van der Waals surface area contributed by atoms with E-state index in [9.17, 15) is 15.0 Å². The van der Waals surface area contributed by atoms with Crippen molar-refractivity contribution < 1.29 is 123 Å². The van der Waals surface area contributed by atoms with E-state index in [1.807, 2.05) is 0 Å². The second kappa shape index (κ2) is 13.2. The van der Waals surface area contributed by atoms with Crippen molar-refractivity contribution in [2.45, 2.75) is 0 Å². The Kier molecular flexibility index (Phi) is 15.5. The molecule has 0 spiro atoms. The molecule has 0 aromatic heterocycles. The average molecular weight is 446 g/mol. The molecule has 2 aromatic carbocycles. The van der Waals surface area contributed by atoms with Gasteiger partial charge in [-0.1, -0.05) is 52.2 Å². The molecular formula is C13H6Cl4K2O4. The number of benzene rings is 2. The van der Waals surface area contributed by atoms with Crippen LogP contribution in [0.4, 0.5) is 0 Å². The van der Waals surface area contributed by atoms with Gasteiger partial charge in [0.2, 0.25) is 0 Å². The molecule has 10 heteroatoms. The maximum atomic E-state index is 11.0. The second-order valence-electron chi connectivity index (χ2n) is 3.62. The molecule has 0 aliphatic heterocycles. The van der Waals surface area contributed by atoms with E-state index in [1.165, 1.54) is 18.2 Å². The van der Waals surface area contributed by atoms with Crippen molar-refractivity contribution in [3.8, 4) is 11.5 Å². The summed E-state index contributed by atoms with van der Waals surface area (Å²) in [5.41, 5.74) is -0.593. The number of carboxylic acid groups (broad SMARTS) is 1. The van der Waals surface area contributed by atoms with E-state index in [-0.39, 0.29) is 119 Å². The first kappa shape index (κ1) is 27.2. The molecule has 0 heterocycles. The zero-order valence-corrected chi connectivity index (χ0v) is 21.3. The topological polar surface area (TPSA) is 83.4 Å². The van der Waals surface area contributed by atoms with E-state index in [1.54, 1.807) is 12.1 Å². The van der Waals surface area contributed by atoms with Gasteiger partial charge >= 0.3 is 103 Å². The van der Waals surface area contributed by atoms with E-state index in [0.717, 1.165) is 0 Å². The Morgan fingerprint density at radius 1 is 0.913 bits per heavy atom. The molecule has 2 aromatic rings. The molecule has 0 fully saturated rings. The van der Waals surface area contributed by atoms with E-state index >= 15 is 0 Å². The molecule has 0 aliphatic carbocycles. The number of phenolic OH excluding ortho intramolecular Hbond substituents is 1. The quantitative estimate of drug-likeness (QED) is 0.478. The minimum absolute atomic E-state index is 0. The third-order valence-electron chi connectivity index (χ3n) is 2.17. The number of phenols is 1. The Hall–Kier alpha value is 1.94. The fraction of sp³-hybridized carbons (Fsp3) is 0. The Balaban J connectivity index is 0. The minimum Gasteiger partial charge on any atom is -0.871 e. The molecule has 0 aliphatic rings.